The maximum Gasteiger partial charge on any atom is 0.104 e. The summed E-state index contributed by atoms with van der Waals surface area (Å²) in [5.74, 6) is 0. The van der Waals surface area contributed by atoms with Gasteiger partial charge in [0.15, 0.2) is 0 Å². The number of hydrogen-bond acceptors (Lipinski definition) is 3. The standard InChI is InChI=1S/C13H13BrN2S/c14-11-5-1-2-6-12(11)17-13-10(7-8-15)4-3-9-16-13/h1-6,9H,7-8,15H2. The van der Waals surface area contributed by atoms with E-state index in [1.807, 2.05) is 30.5 Å². The Labute approximate surface area is 114 Å². The average Bonchev–Trinajstić information content (AvgIpc) is 2.35. The van der Waals surface area contributed by atoms with Crippen LogP contribution in [0.5, 0.6) is 0 Å². The molecule has 2 N–H and O–H groups in total. The van der Waals surface area contributed by atoms with Gasteiger partial charge in [-0.05, 0) is 52.7 Å². The summed E-state index contributed by atoms with van der Waals surface area (Å²) in [5, 5.41) is 1.03. The normalized spacial score (nSPS) is 10.5. The first-order chi connectivity index (χ1) is 8.31. The highest BCUT2D eigenvalue weighted by Crippen LogP contribution is 2.33. The van der Waals surface area contributed by atoms with Gasteiger partial charge in [-0.3, -0.25) is 0 Å². The summed E-state index contributed by atoms with van der Waals surface area (Å²) in [7, 11) is 0. The molecular weight excluding hydrogens is 296 g/mol. The number of hydrogen-bond donors (Lipinski definition) is 1. The number of halogens is 1. The van der Waals surface area contributed by atoms with Crippen LogP contribution in [0.4, 0.5) is 0 Å². The number of nitrogens with two attached hydrogens (primary N) is 1. The first-order valence-electron chi connectivity index (χ1n) is 5.37. The first-order valence-corrected chi connectivity index (χ1v) is 6.98. The number of pyridine rings is 1. The Balaban J connectivity index is 2.27. The monoisotopic (exact) mass is 308 g/mol. The predicted molar refractivity (Wildman–Crippen MR) is 75.3 cm³/mol. The lowest BCUT2D eigenvalue weighted by molar-refractivity contribution is 0.911. The fourth-order valence-electron chi connectivity index (χ4n) is 1.49. The number of nitrogens with zero attached hydrogens (tertiary/aromatic N) is 1. The summed E-state index contributed by atoms with van der Waals surface area (Å²) in [6.07, 6.45) is 2.68. The minimum absolute atomic E-state index is 0.648. The van der Waals surface area contributed by atoms with Crippen LogP contribution < -0.4 is 5.73 Å². The molecule has 0 saturated carbocycles. The SMILES string of the molecule is NCCc1cccnc1Sc1ccccc1Br. The van der Waals surface area contributed by atoms with Crippen molar-refractivity contribution in [3.8, 4) is 0 Å². The maximum atomic E-state index is 5.61. The van der Waals surface area contributed by atoms with Crippen molar-refractivity contribution in [1.82, 2.24) is 4.98 Å². The highest BCUT2D eigenvalue weighted by atomic mass is 79.9. The number of benzene rings is 1. The lowest BCUT2D eigenvalue weighted by atomic mass is 10.2. The number of rotatable bonds is 4. The van der Waals surface area contributed by atoms with Crippen LogP contribution in [-0.2, 0) is 6.42 Å². The molecule has 1 aromatic carbocycles. The molecule has 2 nitrogen and oxygen atoms in total. The Hall–Kier alpha value is -0.840. The van der Waals surface area contributed by atoms with E-state index in [-0.39, 0.29) is 0 Å². The van der Waals surface area contributed by atoms with Crippen molar-refractivity contribution < 1.29 is 0 Å². The molecule has 1 heterocycles. The molecule has 4 heteroatoms. The second-order valence-electron chi connectivity index (χ2n) is 3.54. The summed E-state index contributed by atoms with van der Waals surface area (Å²) in [5.41, 5.74) is 6.81. The zero-order valence-electron chi connectivity index (χ0n) is 9.27. The van der Waals surface area contributed by atoms with Crippen molar-refractivity contribution in [2.75, 3.05) is 6.54 Å². The fraction of sp³-hybridized carbons (Fsp3) is 0.154. The molecule has 0 atom stereocenters. The van der Waals surface area contributed by atoms with E-state index in [0.717, 1.165) is 15.9 Å². The molecule has 0 bridgehead atoms. The smallest absolute Gasteiger partial charge is 0.104 e. The molecular formula is C13H13BrN2S. The van der Waals surface area contributed by atoms with Crippen molar-refractivity contribution in [1.29, 1.82) is 0 Å². The van der Waals surface area contributed by atoms with Crippen LogP contribution in [0.2, 0.25) is 0 Å². The molecule has 17 heavy (non-hydrogen) atoms. The molecule has 0 aliphatic rings. The van der Waals surface area contributed by atoms with E-state index in [1.54, 1.807) is 11.8 Å². The van der Waals surface area contributed by atoms with E-state index in [9.17, 15) is 0 Å². The molecule has 88 valence electrons. The van der Waals surface area contributed by atoms with E-state index < -0.39 is 0 Å². The van der Waals surface area contributed by atoms with Gasteiger partial charge in [-0.1, -0.05) is 30.0 Å². The Kier molecular flexibility index (Phi) is 4.59. The number of aromatic nitrogens is 1. The molecule has 1 aromatic heterocycles. The average molecular weight is 309 g/mol. The van der Waals surface area contributed by atoms with E-state index in [1.165, 1.54) is 10.5 Å². The summed E-state index contributed by atoms with van der Waals surface area (Å²) < 4.78 is 1.09. The van der Waals surface area contributed by atoms with Gasteiger partial charge in [-0.25, -0.2) is 4.98 Å². The fourth-order valence-corrected chi connectivity index (χ4v) is 2.96. The van der Waals surface area contributed by atoms with E-state index in [0.29, 0.717) is 6.54 Å². The van der Waals surface area contributed by atoms with E-state index in [2.05, 4.69) is 33.0 Å². The Morgan fingerprint density at radius 3 is 2.76 bits per heavy atom. The lowest BCUT2D eigenvalue weighted by Crippen LogP contribution is -2.04. The van der Waals surface area contributed by atoms with E-state index >= 15 is 0 Å². The van der Waals surface area contributed by atoms with Gasteiger partial charge in [0.2, 0.25) is 0 Å². The molecule has 0 radical (unpaired) electrons. The van der Waals surface area contributed by atoms with Gasteiger partial charge >= 0.3 is 0 Å². The van der Waals surface area contributed by atoms with Gasteiger partial charge in [-0.15, -0.1) is 0 Å². The summed E-state index contributed by atoms with van der Waals surface area (Å²) in [4.78, 5) is 5.59. The van der Waals surface area contributed by atoms with Gasteiger partial charge in [0, 0.05) is 15.6 Å². The van der Waals surface area contributed by atoms with Crippen LogP contribution in [0.25, 0.3) is 0 Å². The summed E-state index contributed by atoms with van der Waals surface area (Å²) in [6.45, 7) is 0.648. The van der Waals surface area contributed by atoms with Crippen molar-refractivity contribution in [3.05, 3.63) is 52.6 Å². The molecule has 2 rings (SSSR count). The Bertz CT molecular complexity index is 502. The topological polar surface area (TPSA) is 38.9 Å². The quantitative estimate of drug-likeness (QED) is 0.939. The van der Waals surface area contributed by atoms with Crippen molar-refractivity contribution in [2.45, 2.75) is 16.3 Å². The maximum absolute atomic E-state index is 5.61. The lowest BCUT2D eigenvalue weighted by Gasteiger charge is -2.07. The minimum Gasteiger partial charge on any atom is -0.330 e. The van der Waals surface area contributed by atoms with Crippen LogP contribution in [0.1, 0.15) is 5.56 Å². The first kappa shape index (κ1) is 12.6. The third-order valence-corrected chi connectivity index (χ3v) is 4.40. The van der Waals surface area contributed by atoms with Gasteiger partial charge in [0.25, 0.3) is 0 Å². The molecule has 0 spiro atoms. The molecule has 0 unspecified atom stereocenters. The zero-order chi connectivity index (χ0) is 12.1. The second kappa shape index (κ2) is 6.19. The van der Waals surface area contributed by atoms with Gasteiger partial charge in [-0.2, -0.15) is 0 Å². The van der Waals surface area contributed by atoms with Crippen LogP contribution in [-0.4, -0.2) is 11.5 Å². The van der Waals surface area contributed by atoms with Crippen molar-refractivity contribution >= 4 is 27.7 Å². The summed E-state index contributed by atoms with van der Waals surface area (Å²) >= 11 is 5.21. The molecule has 0 saturated heterocycles. The van der Waals surface area contributed by atoms with Crippen LogP contribution in [0, 0.1) is 0 Å². The van der Waals surface area contributed by atoms with Crippen LogP contribution >= 0.6 is 27.7 Å². The highest BCUT2D eigenvalue weighted by molar-refractivity contribution is 9.10. The van der Waals surface area contributed by atoms with Crippen molar-refractivity contribution in [2.24, 2.45) is 5.73 Å². The van der Waals surface area contributed by atoms with Gasteiger partial charge in [0.1, 0.15) is 5.03 Å². The molecule has 0 aliphatic carbocycles. The predicted octanol–water partition coefficient (Wildman–Crippen LogP) is 3.50. The Morgan fingerprint density at radius 1 is 1.18 bits per heavy atom. The largest absolute Gasteiger partial charge is 0.330 e. The van der Waals surface area contributed by atoms with E-state index in [4.69, 9.17) is 5.73 Å². The molecule has 2 aromatic rings. The second-order valence-corrected chi connectivity index (χ2v) is 5.42. The summed E-state index contributed by atoms with van der Waals surface area (Å²) in [6, 6.07) is 12.2. The minimum atomic E-state index is 0.648. The Morgan fingerprint density at radius 2 is 2.00 bits per heavy atom. The zero-order valence-corrected chi connectivity index (χ0v) is 11.7. The molecule has 0 aliphatic heterocycles. The van der Waals surface area contributed by atoms with Gasteiger partial charge < -0.3 is 5.73 Å². The van der Waals surface area contributed by atoms with Crippen LogP contribution in [0.3, 0.4) is 0 Å². The molecule has 0 fully saturated rings. The third-order valence-electron chi connectivity index (χ3n) is 2.31. The third kappa shape index (κ3) is 3.31. The molecule has 0 amide bonds. The van der Waals surface area contributed by atoms with Gasteiger partial charge in [0.05, 0.1) is 0 Å². The highest BCUT2D eigenvalue weighted by Gasteiger charge is 2.06. The van der Waals surface area contributed by atoms with Crippen molar-refractivity contribution in [3.63, 3.8) is 0 Å². The van der Waals surface area contributed by atoms with Crippen LogP contribution in [0.15, 0.2) is 57.0 Å².